The van der Waals surface area contributed by atoms with Crippen molar-refractivity contribution in [3.05, 3.63) is 66.0 Å². The number of rotatable bonds is 3. The molecule has 0 atom stereocenters. The molecule has 3 heterocycles. The minimum Gasteiger partial charge on any atom is -0.367 e. The molecule has 0 bridgehead atoms. The molecule has 6 rings (SSSR count). The summed E-state index contributed by atoms with van der Waals surface area (Å²) in [4.78, 5) is 12.4. The molecule has 2 aliphatic rings. The van der Waals surface area contributed by atoms with E-state index in [-0.39, 0.29) is 0 Å². The molecule has 2 aromatic carbocycles. The zero-order valence-corrected chi connectivity index (χ0v) is 18.4. The molecule has 1 aliphatic heterocycles. The molecule has 0 amide bonds. The Morgan fingerprint density at radius 2 is 1.45 bits per heavy atom. The third-order valence-electron chi connectivity index (χ3n) is 7.79. The average molecular weight is 413 g/mol. The zero-order valence-electron chi connectivity index (χ0n) is 18.4. The van der Waals surface area contributed by atoms with Gasteiger partial charge in [0, 0.05) is 65.9 Å². The molecule has 2 aromatic heterocycles. The van der Waals surface area contributed by atoms with Gasteiger partial charge in [-0.3, -0.25) is 4.90 Å². The Balaban J connectivity index is 1.10. The van der Waals surface area contributed by atoms with E-state index in [2.05, 4.69) is 81.4 Å². The van der Waals surface area contributed by atoms with Crippen molar-refractivity contribution in [1.29, 1.82) is 0 Å². The minimum atomic E-state index is 0.708. The topological polar surface area (TPSA) is 38.1 Å². The van der Waals surface area contributed by atoms with Crippen molar-refractivity contribution in [1.82, 2.24) is 14.9 Å². The summed E-state index contributed by atoms with van der Waals surface area (Å²) in [6, 6.07) is 18.2. The number of hydrogen-bond donors (Lipinski definition) is 2. The Morgan fingerprint density at radius 3 is 2.23 bits per heavy atom. The predicted molar refractivity (Wildman–Crippen MR) is 130 cm³/mol. The van der Waals surface area contributed by atoms with Crippen LogP contribution >= 0.6 is 0 Å². The fourth-order valence-electron chi connectivity index (χ4n) is 6.20. The Labute approximate surface area is 184 Å². The maximum Gasteiger partial charge on any atom is 0.0624 e. The van der Waals surface area contributed by atoms with E-state index in [1.165, 1.54) is 72.0 Å². The van der Waals surface area contributed by atoms with Crippen molar-refractivity contribution < 1.29 is 0 Å². The molecule has 1 saturated carbocycles. The number of nitrogens with zero attached hydrogens (tertiary/aromatic N) is 2. The summed E-state index contributed by atoms with van der Waals surface area (Å²) in [5, 5.41) is 2.79. The van der Waals surface area contributed by atoms with Crippen LogP contribution < -0.4 is 4.90 Å². The molecule has 0 unspecified atom stereocenters. The van der Waals surface area contributed by atoms with E-state index in [1.807, 2.05) is 0 Å². The Morgan fingerprint density at radius 1 is 0.774 bits per heavy atom. The average Bonchev–Trinajstić information content (AvgIpc) is 3.40. The molecular formula is C27H32N4. The number of benzene rings is 2. The summed E-state index contributed by atoms with van der Waals surface area (Å²) < 4.78 is 0. The van der Waals surface area contributed by atoms with E-state index in [1.54, 1.807) is 5.56 Å². The highest BCUT2D eigenvalue weighted by Crippen LogP contribution is 2.40. The normalized spacial score (nSPS) is 23.1. The second-order valence-electron chi connectivity index (χ2n) is 9.46. The minimum absolute atomic E-state index is 0.708. The molecule has 2 fully saturated rings. The number of aromatic amines is 2. The summed E-state index contributed by atoms with van der Waals surface area (Å²) in [6.45, 7) is 6.87. The van der Waals surface area contributed by atoms with Crippen molar-refractivity contribution in [2.45, 2.75) is 44.6 Å². The molecule has 0 radical (unpaired) electrons. The van der Waals surface area contributed by atoms with Crippen LogP contribution in [0.5, 0.6) is 0 Å². The molecule has 0 spiro atoms. The summed E-state index contributed by atoms with van der Waals surface area (Å²) >= 11 is 0. The number of H-pyrrole nitrogens is 2. The fraction of sp³-hybridized carbons (Fsp3) is 0.407. The van der Waals surface area contributed by atoms with Gasteiger partial charge in [-0.2, -0.15) is 0 Å². The van der Waals surface area contributed by atoms with Crippen LogP contribution in [0.15, 0.2) is 54.7 Å². The SMILES string of the molecule is Cc1[nH]c2ccccc2c1C1CCC(N2CCN(c3c[nH]c4ccccc34)CC2)CC1. The molecule has 160 valence electrons. The summed E-state index contributed by atoms with van der Waals surface area (Å²) in [5.41, 5.74) is 6.86. The van der Waals surface area contributed by atoms with Crippen molar-refractivity contribution >= 4 is 27.5 Å². The lowest BCUT2D eigenvalue weighted by Gasteiger charge is -2.42. The lowest BCUT2D eigenvalue weighted by atomic mass is 9.80. The molecule has 4 heteroatoms. The zero-order chi connectivity index (χ0) is 20.8. The largest absolute Gasteiger partial charge is 0.367 e. The Hall–Kier alpha value is -2.72. The van der Waals surface area contributed by atoms with Crippen LogP contribution in [0, 0.1) is 6.92 Å². The number of aryl methyl sites for hydroxylation is 1. The first kappa shape index (κ1) is 19.0. The maximum absolute atomic E-state index is 3.61. The van der Waals surface area contributed by atoms with Gasteiger partial charge in [-0.1, -0.05) is 36.4 Å². The van der Waals surface area contributed by atoms with Crippen LogP contribution in [-0.4, -0.2) is 47.1 Å². The van der Waals surface area contributed by atoms with Gasteiger partial charge in [0.25, 0.3) is 0 Å². The van der Waals surface area contributed by atoms with Gasteiger partial charge in [0.1, 0.15) is 0 Å². The summed E-state index contributed by atoms with van der Waals surface area (Å²) in [5.74, 6) is 0.708. The summed E-state index contributed by atoms with van der Waals surface area (Å²) in [6.07, 6.45) is 7.48. The molecule has 2 N–H and O–H groups in total. The first-order valence-corrected chi connectivity index (χ1v) is 11.9. The standard InChI is InChI=1S/C27H32N4/c1-19-27(23-7-3-5-9-25(23)29-19)20-10-12-21(13-11-20)30-14-16-31(17-15-30)26-18-28-24-8-4-2-6-22(24)26/h2-9,18,20-21,28-29H,10-17H2,1H3. The number of hydrogen-bond acceptors (Lipinski definition) is 2. The molecule has 4 aromatic rings. The first-order valence-electron chi connectivity index (χ1n) is 11.9. The molecule has 4 nitrogen and oxygen atoms in total. The van der Waals surface area contributed by atoms with Crippen molar-refractivity contribution in [3.63, 3.8) is 0 Å². The highest BCUT2D eigenvalue weighted by atomic mass is 15.3. The summed E-state index contributed by atoms with van der Waals surface area (Å²) in [7, 11) is 0. The van der Waals surface area contributed by atoms with Gasteiger partial charge in [-0.15, -0.1) is 0 Å². The van der Waals surface area contributed by atoms with E-state index in [4.69, 9.17) is 0 Å². The van der Waals surface area contributed by atoms with Gasteiger partial charge in [0.15, 0.2) is 0 Å². The number of fused-ring (bicyclic) bond motifs is 2. The number of nitrogens with one attached hydrogen (secondary N) is 2. The first-order chi connectivity index (χ1) is 15.3. The number of anilines is 1. The van der Waals surface area contributed by atoms with Crippen LogP contribution in [0.25, 0.3) is 21.8 Å². The van der Waals surface area contributed by atoms with E-state index < -0.39 is 0 Å². The fourth-order valence-corrected chi connectivity index (χ4v) is 6.20. The van der Waals surface area contributed by atoms with Crippen LogP contribution in [0.2, 0.25) is 0 Å². The third kappa shape index (κ3) is 3.34. The molecule has 31 heavy (non-hydrogen) atoms. The van der Waals surface area contributed by atoms with Gasteiger partial charge in [-0.25, -0.2) is 0 Å². The van der Waals surface area contributed by atoms with Gasteiger partial charge in [0.05, 0.1) is 5.69 Å². The van der Waals surface area contributed by atoms with Crippen LogP contribution in [0.1, 0.15) is 42.9 Å². The van der Waals surface area contributed by atoms with Crippen molar-refractivity contribution in [3.8, 4) is 0 Å². The van der Waals surface area contributed by atoms with Gasteiger partial charge < -0.3 is 14.9 Å². The molecule has 1 saturated heterocycles. The second-order valence-corrected chi connectivity index (χ2v) is 9.46. The van der Waals surface area contributed by atoms with E-state index in [0.29, 0.717) is 5.92 Å². The Bertz CT molecular complexity index is 1190. The highest BCUT2D eigenvalue weighted by Gasteiger charge is 2.30. The van der Waals surface area contributed by atoms with Crippen molar-refractivity contribution in [2.75, 3.05) is 31.1 Å². The number of piperazine rings is 1. The smallest absolute Gasteiger partial charge is 0.0624 e. The lowest BCUT2D eigenvalue weighted by molar-refractivity contribution is 0.141. The van der Waals surface area contributed by atoms with Gasteiger partial charge in [0.2, 0.25) is 0 Å². The predicted octanol–water partition coefficient (Wildman–Crippen LogP) is 5.81. The van der Waals surface area contributed by atoms with E-state index in [0.717, 1.165) is 19.1 Å². The van der Waals surface area contributed by atoms with E-state index >= 15 is 0 Å². The lowest BCUT2D eigenvalue weighted by Crippen LogP contribution is -2.51. The second kappa shape index (κ2) is 7.76. The highest BCUT2D eigenvalue weighted by molar-refractivity contribution is 5.92. The monoisotopic (exact) mass is 412 g/mol. The van der Waals surface area contributed by atoms with Crippen LogP contribution in [0.3, 0.4) is 0 Å². The van der Waals surface area contributed by atoms with Gasteiger partial charge >= 0.3 is 0 Å². The van der Waals surface area contributed by atoms with E-state index in [9.17, 15) is 0 Å². The van der Waals surface area contributed by atoms with Gasteiger partial charge in [-0.05, 0) is 56.2 Å². The quantitative estimate of drug-likeness (QED) is 0.446. The van der Waals surface area contributed by atoms with Crippen LogP contribution in [-0.2, 0) is 0 Å². The number of aromatic nitrogens is 2. The van der Waals surface area contributed by atoms with Crippen molar-refractivity contribution in [2.24, 2.45) is 0 Å². The third-order valence-corrected chi connectivity index (χ3v) is 7.79. The molecule has 1 aliphatic carbocycles. The number of para-hydroxylation sites is 2. The van der Waals surface area contributed by atoms with Crippen LogP contribution in [0.4, 0.5) is 5.69 Å². The Kier molecular flexibility index (Phi) is 4.76. The maximum atomic E-state index is 3.61. The molecular weight excluding hydrogens is 380 g/mol.